The fourth-order valence-electron chi connectivity index (χ4n) is 3.91. The number of ether oxygens (including phenoxy) is 1. The molecule has 1 aliphatic rings. The van der Waals surface area contributed by atoms with Crippen molar-refractivity contribution in [3.63, 3.8) is 0 Å². The summed E-state index contributed by atoms with van der Waals surface area (Å²) in [5.41, 5.74) is 0.429. The lowest BCUT2D eigenvalue weighted by Gasteiger charge is -2.33. The van der Waals surface area contributed by atoms with E-state index in [1.807, 2.05) is 64.6 Å². The topological polar surface area (TPSA) is 64.6 Å². The Balaban J connectivity index is 2.05. The van der Waals surface area contributed by atoms with Gasteiger partial charge in [0.1, 0.15) is 10.3 Å². The molecular weight excluding hydrogens is 396 g/mol. The van der Waals surface area contributed by atoms with Crippen LogP contribution in [0.3, 0.4) is 0 Å². The highest BCUT2D eigenvalue weighted by Gasteiger charge is 2.43. The van der Waals surface area contributed by atoms with Crippen molar-refractivity contribution in [2.75, 3.05) is 6.54 Å². The summed E-state index contributed by atoms with van der Waals surface area (Å²) in [4.78, 5) is 14.6. The molecule has 0 saturated carbocycles. The van der Waals surface area contributed by atoms with Gasteiger partial charge >= 0.3 is 6.09 Å². The lowest BCUT2D eigenvalue weighted by atomic mass is 9.91. The third kappa shape index (κ3) is 7.17. The average Bonchev–Trinajstić information content (AvgIpc) is 2.91. The van der Waals surface area contributed by atoms with Gasteiger partial charge in [-0.15, -0.1) is 4.72 Å². The third-order valence-electron chi connectivity index (χ3n) is 5.44. The van der Waals surface area contributed by atoms with E-state index in [-0.39, 0.29) is 22.4 Å². The molecule has 0 bridgehead atoms. The summed E-state index contributed by atoms with van der Waals surface area (Å²) in [6, 6.07) is 10.2. The number of hydrogen-bond acceptors (Lipinski definition) is 4. The molecule has 1 aromatic carbocycles. The van der Waals surface area contributed by atoms with Gasteiger partial charge in [-0.25, -0.2) is 4.79 Å². The minimum Gasteiger partial charge on any atom is -0.598 e. The van der Waals surface area contributed by atoms with Gasteiger partial charge in [-0.1, -0.05) is 30.3 Å². The molecule has 1 heterocycles. The largest absolute Gasteiger partial charge is 0.598 e. The van der Waals surface area contributed by atoms with Crippen LogP contribution in [0.4, 0.5) is 4.79 Å². The fraction of sp³-hybridized carbons (Fsp3) is 0.708. The molecule has 30 heavy (non-hydrogen) atoms. The quantitative estimate of drug-likeness (QED) is 0.590. The van der Waals surface area contributed by atoms with Gasteiger partial charge in [0.25, 0.3) is 0 Å². The van der Waals surface area contributed by atoms with Crippen LogP contribution in [-0.2, 0) is 16.1 Å². The predicted molar refractivity (Wildman–Crippen MR) is 125 cm³/mol. The number of rotatable bonds is 6. The summed E-state index contributed by atoms with van der Waals surface area (Å²) in [6.07, 6.45) is 2.53. The number of carbonyl (C=O) groups is 1. The van der Waals surface area contributed by atoms with Crippen molar-refractivity contribution in [1.82, 2.24) is 9.62 Å². The van der Waals surface area contributed by atoms with Crippen molar-refractivity contribution in [2.24, 2.45) is 5.92 Å². The Morgan fingerprint density at radius 1 is 1.23 bits per heavy atom. The van der Waals surface area contributed by atoms with Gasteiger partial charge in [0.05, 0.1) is 6.04 Å². The normalized spacial score (nSPS) is 21.4. The first kappa shape index (κ1) is 25.0. The summed E-state index contributed by atoms with van der Waals surface area (Å²) < 4.78 is 21.4. The van der Waals surface area contributed by atoms with Gasteiger partial charge in [0, 0.05) is 23.4 Å². The second kappa shape index (κ2) is 9.49. The smallest absolute Gasteiger partial charge is 0.410 e. The summed E-state index contributed by atoms with van der Waals surface area (Å²) in [6.45, 7) is 16.6. The van der Waals surface area contributed by atoms with Crippen molar-refractivity contribution in [1.29, 1.82) is 0 Å². The molecule has 0 aliphatic carbocycles. The summed E-state index contributed by atoms with van der Waals surface area (Å²) in [5, 5.41) is 0. The Hall–Kier alpha value is -1.24. The van der Waals surface area contributed by atoms with Crippen molar-refractivity contribution in [3.05, 3.63) is 35.9 Å². The van der Waals surface area contributed by atoms with E-state index in [1.165, 1.54) is 0 Å². The molecule has 0 spiro atoms. The SMILES string of the molecule is CC(C)(C)OC(=O)N1C[C@@H](CCC(N[S+]([O-])C(C)(C)C)c2ccccc2)CC1(C)C. The number of nitrogens with one attached hydrogen (secondary N) is 1. The number of likely N-dealkylation sites (tertiary alicyclic amines) is 1. The molecule has 1 N–H and O–H groups in total. The van der Waals surface area contributed by atoms with E-state index in [2.05, 4.69) is 30.7 Å². The van der Waals surface area contributed by atoms with Crippen LogP contribution in [0, 0.1) is 5.92 Å². The Bertz CT molecular complexity index is 695. The molecule has 1 amide bonds. The Kier molecular flexibility index (Phi) is 7.92. The van der Waals surface area contributed by atoms with Crippen LogP contribution < -0.4 is 4.72 Å². The van der Waals surface area contributed by atoms with Crippen LogP contribution >= 0.6 is 0 Å². The van der Waals surface area contributed by atoms with Gasteiger partial charge in [-0.05, 0) is 86.1 Å². The average molecular weight is 437 g/mol. The molecule has 0 radical (unpaired) electrons. The summed E-state index contributed by atoms with van der Waals surface area (Å²) in [7, 11) is 0. The first-order valence-electron chi connectivity index (χ1n) is 10.9. The highest BCUT2D eigenvalue weighted by Crippen LogP contribution is 2.37. The maximum absolute atomic E-state index is 12.8. The lowest BCUT2D eigenvalue weighted by molar-refractivity contribution is 0.0131. The molecule has 0 aromatic heterocycles. The first-order valence-corrected chi connectivity index (χ1v) is 12.1. The number of benzene rings is 1. The maximum atomic E-state index is 12.8. The van der Waals surface area contributed by atoms with E-state index >= 15 is 0 Å². The summed E-state index contributed by atoms with van der Waals surface area (Å²) >= 11 is -1.15. The van der Waals surface area contributed by atoms with Crippen LogP contribution in [0.2, 0.25) is 0 Å². The maximum Gasteiger partial charge on any atom is 0.410 e. The van der Waals surface area contributed by atoms with Gasteiger partial charge in [0.15, 0.2) is 0 Å². The van der Waals surface area contributed by atoms with Crippen LogP contribution in [-0.4, -0.2) is 38.0 Å². The number of hydrogen-bond donors (Lipinski definition) is 1. The van der Waals surface area contributed by atoms with Crippen molar-refractivity contribution >= 4 is 17.5 Å². The van der Waals surface area contributed by atoms with E-state index in [0.717, 1.165) is 24.8 Å². The van der Waals surface area contributed by atoms with Crippen LogP contribution in [0.25, 0.3) is 0 Å². The van der Waals surface area contributed by atoms with E-state index < -0.39 is 17.0 Å². The Morgan fingerprint density at radius 3 is 2.37 bits per heavy atom. The van der Waals surface area contributed by atoms with Crippen molar-refractivity contribution in [2.45, 2.75) is 96.6 Å². The highest BCUT2D eigenvalue weighted by molar-refractivity contribution is 7.90. The lowest BCUT2D eigenvalue weighted by Crippen LogP contribution is -2.45. The van der Waals surface area contributed by atoms with E-state index in [1.54, 1.807) is 0 Å². The predicted octanol–water partition coefficient (Wildman–Crippen LogP) is 5.60. The van der Waals surface area contributed by atoms with Crippen molar-refractivity contribution in [3.8, 4) is 0 Å². The van der Waals surface area contributed by atoms with Crippen LogP contribution in [0.5, 0.6) is 0 Å². The monoisotopic (exact) mass is 436 g/mol. The molecule has 6 heteroatoms. The Morgan fingerprint density at radius 2 is 1.83 bits per heavy atom. The minimum atomic E-state index is -1.15. The Labute approximate surface area is 186 Å². The third-order valence-corrected chi connectivity index (χ3v) is 7.06. The standard InChI is InChI=1S/C24H40N2O3S/c1-22(2,3)29-21(27)26-17-18(16-24(26,7)8)14-15-20(19-12-10-9-11-13-19)25-30(28)23(4,5)6/h9-13,18,20,25H,14-17H2,1-8H3/t18-,20?,30?/m0/s1. The molecule has 3 atom stereocenters. The van der Waals surface area contributed by atoms with Crippen molar-refractivity contribution < 1.29 is 14.1 Å². The first-order chi connectivity index (χ1) is 13.7. The summed E-state index contributed by atoms with van der Waals surface area (Å²) in [5.74, 6) is 0.392. The molecular formula is C24H40N2O3S. The van der Waals surface area contributed by atoms with E-state index in [9.17, 15) is 9.35 Å². The number of carbonyl (C=O) groups excluding carboxylic acids is 1. The zero-order valence-corrected chi connectivity index (χ0v) is 20.8. The van der Waals surface area contributed by atoms with Gasteiger partial charge in [0.2, 0.25) is 0 Å². The van der Waals surface area contributed by atoms with Crippen LogP contribution in [0.15, 0.2) is 30.3 Å². The zero-order chi connectivity index (χ0) is 22.7. The molecule has 1 saturated heterocycles. The second-order valence-corrected chi connectivity index (χ2v) is 13.0. The second-order valence-electron chi connectivity index (χ2n) is 11.0. The molecule has 2 rings (SSSR count). The van der Waals surface area contributed by atoms with E-state index in [0.29, 0.717) is 12.5 Å². The van der Waals surface area contributed by atoms with Gasteiger partial charge in [-0.3, -0.25) is 0 Å². The highest BCUT2D eigenvalue weighted by atomic mass is 32.2. The molecule has 1 aromatic rings. The molecule has 5 nitrogen and oxygen atoms in total. The molecule has 1 fully saturated rings. The number of nitrogens with zero attached hydrogens (tertiary/aromatic N) is 1. The molecule has 1 aliphatic heterocycles. The van der Waals surface area contributed by atoms with Gasteiger partial charge < -0.3 is 14.2 Å². The molecule has 2 unspecified atom stereocenters. The van der Waals surface area contributed by atoms with Crippen LogP contribution in [0.1, 0.15) is 86.3 Å². The molecule has 170 valence electrons. The zero-order valence-electron chi connectivity index (χ0n) is 20.0. The minimum absolute atomic E-state index is 0.0185. The fourth-order valence-corrected chi connectivity index (χ4v) is 4.77. The van der Waals surface area contributed by atoms with E-state index in [4.69, 9.17) is 4.74 Å². The number of amides is 1. The van der Waals surface area contributed by atoms with Gasteiger partial charge in [-0.2, -0.15) is 0 Å².